The molecule has 0 aliphatic heterocycles. The molecular weight excluding hydrogens is 673 g/mol. The zero-order chi connectivity index (χ0) is 39.3. The Balaban J connectivity index is 5.33. The minimum absolute atomic E-state index is 0.475. The van der Waals surface area contributed by atoms with E-state index < -0.39 is 27.4 Å². The van der Waals surface area contributed by atoms with E-state index >= 15 is 0 Å². The minimum Gasteiger partial charge on any atom is -0.549 e. The Labute approximate surface area is 336 Å². The number of carboxylic acid groups (broad SMARTS) is 2. The highest BCUT2D eigenvalue weighted by Gasteiger charge is 2.49. The third-order valence-corrected chi connectivity index (χ3v) is 14.0. The Hall–Kier alpha value is -0.710. The number of carbonyl (C=O) groups is 2. The molecule has 0 saturated carbocycles. The summed E-state index contributed by atoms with van der Waals surface area (Å²) < 4.78 is -1.26. The molecule has 5 heteroatoms. The van der Waals surface area contributed by atoms with Crippen molar-refractivity contribution >= 4 is 23.7 Å². The molecule has 0 N–H and O–H groups in total. The van der Waals surface area contributed by atoms with E-state index in [1.807, 2.05) is 6.92 Å². The highest BCUT2D eigenvalue weighted by molar-refractivity contribution is 8.02. The summed E-state index contributed by atoms with van der Waals surface area (Å²) in [5.74, 6) is -2.27. The van der Waals surface area contributed by atoms with Crippen molar-refractivity contribution in [2.75, 3.05) is 0 Å². The van der Waals surface area contributed by atoms with Crippen LogP contribution in [-0.4, -0.2) is 21.9 Å². The van der Waals surface area contributed by atoms with Gasteiger partial charge in [-0.1, -0.05) is 245 Å². The van der Waals surface area contributed by atoms with Crippen LogP contribution in [0.15, 0.2) is 0 Å². The van der Waals surface area contributed by atoms with E-state index in [1.165, 1.54) is 186 Å². The largest absolute Gasteiger partial charge is 0.549 e. The average molecular weight is 765 g/mol. The second kappa shape index (κ2) is 36.9. The van der Waals surface area contributed by atoms with Gasteiger partial charge in [0, 0.05) is 5.25 Å². The van der Waals surface area contributed by atoms with Crippen molar-refractivity contribution in [3.63, 3.8) is 0 Å². The summed E-state index contributed by atoms with van der Waals surface area (Å²) in [7, 11) is 0. The van der Waals surface area contributed by atoms with Crippen LogP contribution in [0.2, 0.25) is 0 Å². The summed E-state index contributed by atoms with van der Waals surface area (Å²) in [4.78, 5) is 25.2. The van der Waals surface area contributed by atoms with Crippen LogP contribution in [0.4, 0.5) is 0 Å². The van der Waals surface area contributed by atoms with E-state index in [0.29, 0.717) is 0 Å². The number of hydrogen-bond donors (Lipinski definition) is 0. The minimum atomic E-state index is -1.26. The normalized spacial score (nSPS) is 13.7. The molecule has 0 fully saturated rings. The van der Waals surface area contributed by atoms with Gasteiger partial charge in [0.25, 0.3) is 0 Å². The lowest BCUT2D eigenvalue weighted by atomic mass is 9.65. The molecule has 316 valence electrons. The van der Waals surface area contributed by atoms with Gasteiger partial charge in [-0.15, -0.1) is 11.8 Å². The van der Waals surface area contributed by atoms with Gasteiger partial charge < -0.3 is 19.8 Å². The van der Waals surface area contributed by atoms with Crippen molar-refractivity contribution < 1.29 is 19.8 Å². The highest BCUT2D eigenvalue weighted by atomic mass is 32.2. The zero-order valence-corrected chi connectivity index (χ0v) is 37.3. The summed E-state index contributed by atoms with van der Waals surface area (Å²) in [6, 6.07) is 0. The van der Waals surface area contributed by atoms with Gasteiger partial charge in [0.05, 0.1) is 16.7 Å². The van der Waals surface area contributed by atoms with Crippen LogP contribution < -0.4 is 10.2 Å². The maximum atomic E-state index is 13.2. The Bertz CT molecular complexity index is 791. The second-order valence-corrected chi connectivity index (χ2v) is 19.0. The first kappa shape index (κ1) is 52.3. The molecule has 0 radical (unpaired) electrons. The number of carbonyl (C=O) groups excluding carboxylic acids is 2. The van der Waals surface area contributed by atoms with Crippen LogP contribution in [0.3, 0.4) is 0 Å². The van der Waals surface area contributed by atoms with Crippen LogP contribution in [-0.2, 0) is 9.59 Å². The SMILES string of the molecule is CCCCCCCCCCCCCCCCCC(CCCCCCCCCCCC)(CCCCCCCCCCCC)C(C)(SC(C)C(=O)[O-])C(=O)[O-]. The van der Waals surface area contributed by atoms with E-state index in [0.717, 1.165) is 69.5 Å². The third kappa shape index (κ3) is 27.5. The zero-order valence-electron chi connectivity index (χ0n) is 36.5. The van der Waals surface area contributed by atoms with Crippen molar-refractivity contribution in [3.8, 4) is 0 Å². The number of aliphatic carboxylic acids is 2. The first-order valence-electron chi connectivity index (χ1n) is 23.8. The summed E-state index contributed by atoms with van der Waals surface area (Å²) >= 11 is 1.10. The summed E-state index contributed by atoms with van der Waals surface area (Å²) in [5.41, 5.74) is -0.475. The number of thioether (sulfide) groups is 1. The monoisotopic (exact) mass is 765 g/mol. The van der Waals surface area contributed by atoms with Gasteiger partial charge in [-0.3, -0.25) is 0 Å². The lowest BCUT2D eigenvalue weighted by Crippen LogP contribution is -2.57. The quantitative estimate of drug-likeness (QED) is 0.0578. The summed E-state index contributed by atoms with van der Waals surface area (Å²) in [5, 5.41) is 24.3. The second-order valence-electron chi connectivity index (χ2n) is 17.2. The molecule has 53 heavy (non-hydrogen) atoms. The van der Waals surface area contributed by atoms with E-state index in [9.17, 15) is 19.8 Å². The topological polar surface area (TPSA) is 80.3 Å². The number of carboxylic acids is 2. The van der Waals surface area contributed by atoms with E-state index in [-0.39, 0.29) is 0 Å². The van der Waals surface area contributed by atoms with E-state index in [1.54, 1.807) is 6.92 Å². The predicted octanol–water partition coefficient (Wildman–Crippen LogP) is 14.2. The lowest BCUT2D eigenvalue weighted by molar-refractivity contribution is -0.312. The predicted molar refractivity (Wildman–Crippen MR) is 230 cm³/mol. The molecule has 2 atom stereocenters. The smallest absolute Gasteiger partial charge is 0.0588 e. The molecule has 0 spiro atoms. The van der Waals surface area contributed by atoms with Gasteiger partial charge in [0.1, 0.15) is 0 Å². The van der Waals surface area contributed by atoms with Crippen molar-refractivity contribution in [2.45, 2.75) is 289 Å². The molecule has 2 unspecified atom stereocenters. The first-order valence-corrected chi connectivity index (χ1v) is 24.7. The standard InChI is InChI=1S/C48H94O4S/c1-6-9-12-15-18-21-24-25-26-27-28-31-34-37-40-43-48(47(5,46(51)52)53-44(4)45(49)50,41-38-35-32-29-22-19-16-13-10-7-2)42-39-36-33-30-23-20-17-14-11-8-3/h44H,6-43H2,1-5H3,(H,49,50)(H,51,52)/p-2. The Morgan fingerprint density at radius 1 is 0.415 bits per heavy atom. The molecule has 0 aromatic heterocycles. The van der Waals surface area contributed by atoms with E-state index in [4.69, 9.17) is 0 Å². The molecule has 0 rings (SSSR count). The molecular formula is C48H92O4S-2. The van der Waals surface area contributed by atoms with Crippen LogP contribution in [0.5, 0.6) is 0 Å². The van der Waals surface area contributed by atoms with Crippen LogP contribution in [0.25, 0.3) is 0 Å². The molecule has 0 aliphatic carbocycles. The maximum absolute atomic E-state index is 13.2. The number of rotatable bonds is 43. The van der Waals surface area contributed by atoms with Gasteiger partial charge in [0.15, 0.2) is 0 Å². The van der Waals surface area contributed by atoms with Crippen molar-refractivity contribution in [3.05, 3.63) is 0 Å². The molecule has 0 amide bonds. The maximum Gasteiger partial charge on any atom is 0.0588 e. The van der Waals surface area contributed by atoms with Crippen molar-refractivity contribution in [1.29, 1.82) is 0 Å². The highest BCUT2D eigenvalue weighted by Crippen LogP contribution is 2.53. The molecule has 0 heterocycles. The molecule has 0 aromatic carbocycles. The van der Waals surface area contributed by atoms with Gasteiger partial charge in [0.2, 0.25) is 0 Å². The fourth-order valence-corrected chi connectivity index (χ4v) is 10.1. The Kier molecular flexibility index (Phi) is 36.4. The number of unbranched alkanes of at least 4 members (excludes halogenated alkanes) is 32. The molecule has 0 aromatic rings. The lowest BCUT2D eigenvalue weighted by Gasteiger charge is -2.51. The first-order chi connectivity index (χ1) is 25.7. The van der Waals surface area contributed by atoms with E-state index in [2.05, 4.69) is 20.8 Å². The summed E-state index contributed by atoms with van der Waals surface area (Å²) in [6.07, 6.45) is 47.2. The third-order valence-electron chi connectivity index (χ3n) is 12.4. The van der Waals surface area contributed by atoms with Crippen molar-refractivity contribution in [1.82, 2.24) is 0 Å². The van der Waals surface area contributed by atoms with Gasteiger partial charge in [-0.25, -0.2) is 0 Å². The van der Waals surface area contributed by atoms with Crippen LogP contribution in [0.1, 0.15) is 279 Å². The molecule has 0 saturated heterocycles. The number of hydrogen-bond acceptors (Lipinski definition) is 5. The van der Waals surface area contributed by atoms with Gasteiger partial charge in [-0.05, 0) is 38.5 Å². The van der Waals surface area contributed by atoms with Crippen LogP contribution >= 0.6 is 11.8 Å². The van der Waals surface area contributed by atoms with Crippen LogP contribution in [0, 0.1) is 5.41 Å². The molecule has 0 bridgehead atoms. The average Bonchev–Trinajstić information content (AvgIpc) is 3.14. The Morgan fingerprint density at radius 3 is 0.811 bits per heavy atom. The van der Waals surface area contributed by atoms with Gasteiger partial charge >= 0.3 is 0 Å². The fourth-order valence-electron chi connectivity index (χ4n) is 8.62. The summed E-state index contributed by atoms with van der Waals surface area (Å²) in [6.45, 7) is 10.2. The van der Waals surface area contributed by atoms with Gasteiger partial charge in [-0.2, -0.15) is 0 Å². The van der Waals surface area contributed by atoms with Crippen molar-refractivity contribution in [2.24, 2.45) is 5.41 Å². The molecule has 0 aliphatic rings. The molecule has 4 nitrogen and oxygen atoms in total. The fraction of sp³-hybridized carbons (Fsp3) is 0.958. The Morgan fingerprint density at radius 2 is 0.623 bits per heavy atom.